The lowest BCUT2D eigenvalue weighted by Gasteiger charge is -2.10. The van der Waals surface area contributed by atoms with Crippen LogP contribution in [0, 0.1) is 6.92 Å². The van der Waals surface area contributed by atoms with Crippen molar-refractivity contribution in [2.24, 2.45) is 0 Å². The third-order valence-electron chi connectivity index (χ3n) is 2.25. The van der Waals surface area contributed by atoms with Gasteiger partial charge in [0.25, 0.3) is 0 Å². The van der Waals surface area contributed by atoms with Gasteiger partial charge in [-0.3, -0.25) is 0 Å². The van der Waals surface area contributed by atoms with Crippen LogP contribution in [0.5, 0.6) is 5.75 Å². The fourth-order valence-electron chi connectivity index (χ4n) is 1.33. The van der Waals surface area contributed by atoms with Crippen LogP contribution in [-0.2, 0) is 0 Å². The van der Waals surface area contributed by atoms with Gasteiger partial charge < -0.3 is 9.84 Å². The molecule has 1 rings (SSSR count). The normalized spacial score (nSPS) is 13.1. The molecule has 1 aromatic carbocycles. The fourth-order valence-corrected chi connectivity index (χ4v) is 1.33. The Balaban J connectivity index is 2.74. The van der Waals surface area contributed by atoms with Crippen molar-refractivity contribution in [1.82, 2.24) is 0 Å². The van der Waals surface area contributed by atoms with Crippen LogP contribution in [0.15, 0.2) is 30.4 Å². The lowest BCUT2D eigenvalue weighted by atomic mass is 10.1. The minimum absolute atomic E-state index is 0.423. The predicted molar refractivity (Wildman–Crippen MR) is 62.1 cm³/mol. The number of hydrogen-bond acceptors (Lipinski definition) is 2. The number of rotatable bonds is 4. The van der Waals surface area contributed by atoms with Crippen LogP contribution in [-0.4, -0.2) is 11.7 Å². The first kappa shape index (κ1) is 11.8. The van der Waals surface area contributed by atoms with Gasteiger partial charge in [-0.2, -0.15) is 0 Å². The van der Waals surface area contributed by atoms with Crippen LogP contribution in [0.2, 0.25) is 0 Å². The highest BCUT2D eigenvalue weighted by atomic mass is 16.5. The van der Waals surface area contributed by atoms with Gasteiger partial charge in [-0.15, -0.1) is 0 Å². The lowest BCUT2D eigenvalue weighted by molar-refractivity contribution is 0.199. The van der Waals surface area contributed by atoms with Gasteiger partial charge in [0.05, 0.1) is 6.10 Å². The van der Waals surface area contributed by atoms with E-state index in [0.717, 1.165) is 16.9 Å². The van der Waals surface area contributed by atoms with E-state index in [2.05, 4.69) is 0 Å². The van der Waals surface area contributed by atoms with Crippen molar-refractivity contribution in [1.29, 1.82) is 0 Å². The zero-order chi connectivity index (χ0) is 11.3. The maximum Gasteiger partial charge on any atom is 0.122 e. The summed E-state index contributed by atoms with van der Waals surface area (Å²) >= 11 is 0. The van der Waals surface area contributed by atoms with Crippen molar-refractivity contribution >= 4 is 0 Å². The SMILES string of the molecule is C/C=C/COc1ccc([C@@H](C)O)cc1C. The first-order valence-electron chi connectivity index (χ1n) is 5.17. The molecule has 1 N–H and O–H groups in total. The second-order valence-electron chi connectivity index (χ2n) is 3.58. The number of aryl methyl sites for hydroxylation is 1. The van der Waals surface area contributed by atoms with E-state index in [0.29, 0.717) is 6.61 Å². The molecule has 1 atom stereocenters. The maximum absolute atomic E-state index is 9.40. The van der Waals surface area contributed by atoms with Crippen LogP contribution in [0.4, 0.5) is 0 Å². The molecule has 0 amide bonds. The average molecular weight is 206 g/mol. The summed E-state index contributed by atoms with van der Waals surface area (Å²) in [7, 11) is 0. The highest BCUT2D eigenvalue weighted by Crippen LogP contribution is 2.22. The number of allylic oxidation sites excluding steroid dienone is 1. The van der Waals surface area contributed by atoms with E-state index in [4.69, 9.17) is 4.74 Å². The van der Waals surface area contributed by atoms with Crippen LogP contribution in [0.1, 0.15) is 31.1 Å². The molecule has 2 heteroatoms. The number of benzene rings is 1. The van der Waals surface area contributed by atoms with Crippen molar-refractivity contribution in [3.05, 3.63) is 41.5 Å². The Morgan fingerprint density at radius 1 is 1.47 bits per heavy atom. The zero-order valence-corrected chi connectivity index (χ0v) is 9.53. The third kappa shape index (κ3) is 3.40. The largest absolute Gasteiger partial charge is 0.489 e. The van der Waals surface area contributed by atoms with E-state index in [1.54, 1.807) is 6.92 Å². The predicted octanol–water partition coefficient (Wildman–Crippen LogP) is 3.00. The molecule has 0 spiro atoms. The summed E-state index contributed by atoms with van der Waals surface area (Å²) in [5.41, 5.74) is 1.98. The van der Waals surface area contributed by atoms with Crippen molar-refractivity contribution in [3.63, 3.8) is 0 Å². The Morgan fingerprint density at radius 3 is 2.73 bits per heavy atom. The van der Waals surface area contributed by atoms with Crippen molar-refractivity contribution in [3.8, 4) is 5.75 Å². The molecule has 0 aliphatic rings. The molecule has 0 radical (unpaired) electrons. The first-order chi connectivity index (χ1) is 7.15. The quantitative estimate of drug-likeness (QED) is 0.767. The Morgan fingerprint density at radius 2 is 2.20 bits per heavy atom. The molecule has 0 aliphatic carbocycles. The number of hydrogen-bond donors (Lipinski definition) is 1. The zero-order valence-electron chi connectivity index (χ0n) is 9.53. The summed E-state index contributed by atoms with van der Waals surface area (Å²) in [4.78, 5) is 0. The fraction of sp³-hybridized carbons (Fsp3) is 0.385. The highest BCUT2D eigenvalue weighted by molar-refractivity contribution is 5.37. The van der Waals surface area contributed by atoms with E-state index in [-0.39, 0.29) is 0 Å². The molecule has 0 saturated heterocycles. The van der Waals surface area contributed by atoms with Crippen molar-refractivity contribution < 1.29 is 9.84 Å². The molecule has 0 saturated carbocycles. The summed E-state index contributed by atoms with van der Waals surface area (Å²) in [6, 6.07) is 5.75. The molecule has 1 aromatic rings. The molecule has 82 valence electrons. The summed E-state index contributed by atoms with van der Waals surface area (Å²) in [6.45, 7) is 6.30. The summed E-state index contributed by atoms with van der Waals surface area (Å²) in [5.74, 6) is 0.873. The molecule has 15 heavy (non-hydrogen) atoms. The van der Waals surface area contributed by atoms with Crippen LogP contribution in [0.3, 0.4) is 0 Å². The summed E-state index contributed by atoms with van der Waals surface area (Å²) in [5, 5.41) is 9.40. The van der Waals surface area contributed by atoms with E-state index in [9.17, 15) is 5.11 Å². The topological polar surface area (TPSA) is 29.5 Å². The molecule has 0 unspecified atom stereocenters. The van der Waals surface area contributed by atoms with Crippen molar-refractivity contribution in [2.45, 2.75) is 26.9 Å². The van der Waals surface area contributed by atoms with Crippen molar-refractivity contribution in [2.75, 3.05) is 6.61 Å². The highest BCUT2D eigenvalue weighted by Gasteiger charge is 2.04. The molecule has 0 heterocycles. The molecular formula is C13H18O2. The maximum atomic E-state index is 9.40. The molecule has 0 fully saturated rings. The number of ether oxygens (including phenoxy) is 1. The smallest absolute Gasteiger partial charge is 0.122 e. The van der Waals surface area contributed by atoms with Crippen LogP contribution in [0.25, 0.3) is 0 Å². The standard InChI is InChI=1S/C13H18O2/c1-4-5-8-15-13-7-6-12(11(3)14)9-10(13)2/h4-7,9,11,14H,8H2,1-3H3/b5-4+/t11-/m1/s1. The first-order valence-corrected chi connectivity index (χ1v) is 5.17. The summed E-state index contributed by atoms with van der Waals surface area (Å²) < 4.78 is 5.54. The third-order valence-corrected chi connectivity index (χ3v) is 2.25. The Hall–Kier alpha value is -1.28. The van der Waals surface area contributed by atoms with Crippen LogP contribution < -0.4 is 4.74 Å². The van der Waals surface area contributed by atoms with Gasteiger partial charge in [-0.05, 0) is 44.0 Å². The Bertz CT molecular complexity index is 340. The van der Waals surface area contributed by atoms with E-state index in [1.165, 1.54) is 0 Å². The molecule has 0 aliphatic heterocycles. The average Bonchev–Trinajstić information content (AvgIpc) is 2.20. The van der Waals surface area contributed by atoms with E-state index < -0.39 is 6.10 Å². The van der Waals surface area contributed by atoms with Gasteiger partial charge >= 0.3 is 0 Å². The van der Waals surface area contributed by atoms with Gasteiger partial charge in [0.15, 0.2) is 0 Å². The lowest BCUT2D eigenvalue weighted by Crippen LogP contribution is -1.97. The minimum Gasteiger partial charge on any atom is -0.489 e. The molecule has 0 bridgehead atoms. The van der Waals surface area contributed by atoms with Crippen LogP contribution >= 0.6 is 0 Å². The number of aliphatic hydroxyl groups is 1. The minimum atomic E-state index is -0.423. The van der Waals surface area contributed by atoms with E-state index >= 15 is 0 Å². The van der Waals surface area contributed by atoms with Gasteiger partial charge in [0, 0.05) is 0 Å². The number of aliphatic hydroxyl groups excluding tert-OH is 1. The van der Waals surface area contributed by atoms with E-state index in [1.807, 2.05) is 44.2 Å². The van der Waals surface area contributed by atoms with Gasteiger partial charge in [0.2, 0.25) is 0 Å². The van der Waals surface area contributed by atoms with Gasteiger partial charge in [-0.25, -0.2) is 0 Å². The molecular weight excluding hydrogens is 188 g/mol. The Kier molecular flexibility index (Phi) is 4.37. The summed E-state index contributed by atoms with van der Waals surface area (Å²) in [6.07, 6.45) is 3.50. The molecule has 0 aromatic heterocycles. The second-order valence-corrected chi connectivity index (χ2v) is 3.58. The van der Waals surface area contributed by atoms with Gasteiger partial charge in [-0.1, -0.05) is 18.2 Å². The van der Waals surface area contributed by atoms with Gasteiger partial charge in [0.1, 0.15) is 12.4 Å². The Labute approximate surface area is 91.2 Å². The molecule has 2 nitrogen and oxygen atoms in total. The monoisotopic (exact) mass is 206 g/mol. The second kappa shape index (κ2) is 5.56.